The summed E-state index contributed by atoms with van der Waals surface area (Å²) in [5.74, 6) is -1.79. The van der Waals surface area contributed by atoms with E-state index in [4.69, 9.17) is 0 Å². The number of hydrogen-bond acceptors (Lipinski definition) is 2. The Labute approximate surface area is 153 Å². The highest BCUT2D eigenvalue weighted by molar-refractivity contribution is 5.98. The first kappa shape index (κ1) is 20.2. The molecule has 0 aromatic heterocycles. The smallest absolute Gasteiger partial charge is 0.333 e. The number of nitrogens with zero attached hydrogens (tertiary/aromatic N) is 1. The van der Waals surface area contributed by atoms with Crippen LogP contribution in [0.1, 0.15) is 11.1 Å². The Kier molecular flexibility index (Phi) is 6.33. The molecule has 0 spiro atoms. The first-order valence-electron chi connectivity index (χ1n) is 7.81. The van der Waals surface area contributed by atoms with Crippen LogP contribution in [0.3, 0.4) is 0 Å². The van der Waals surface area contributed by atoms with Gasteiger partial charge in [0.1, 0.15) is 5.82 Å². The van der Waals surface area contributed by atoms with E-state index in [1.807, 2.05) is 0 Å². The zero-order chi connectivity index (χ0) is 20.0. The number of para-hydroxylation sites is 1. The molecule has 0 heterocycles. The zero-order valence-electron chi connectivity index (χ0n) is 14.3. The molecule has 0 saturated heterocycles. The van der Waals surface area contributed by atoms with Crippen molar-refractivity contribution in [2.75, 3.05) is 18.9 Å². The molecule has 2 aromatic rings. The van der Waals surface area contributed by atoms with Gasteiger partial charge in [0, 0.05) is 13.1 Å². The van der Waals surface area contributed by atoms with Crippen LogP contribution >= 0.6 is 0 Å². The van der Waals surface area contributed by atoms with Gasteiger partial charge in [0.2, 0.25) is 11.8 Å². The standard InChI is InChI=1S/C19H16F4N2O2/c1-25(18(27)10-9-13-5-4-6-14(20)11-13)12-17(26)24-16-8-3-2-7-15(16)19(21,22)23/h2-11H,12H2,1H3,(H,24,26)/b10-9+. The summed E-state index contributed by atoms with van der Waals surface area (Å²) in [5, 5.41) is 2.16. The highest BCUT2D eigenvalue weighted by Gasteiger charge is 2.33. The summed E-state index contributed by atoms with van der Waals surface area (Å²) in [6, 6.07) is 10.1. The summed E-state index contributed by atoms with van der Waals surface area (Å²) < 4.78 is 51.9. The second-order valence-electron chi connectivity index (χ2n) is 5.67. The molecule has 0 aliphatic heterocycles. The molecule has 142 valence electrons. The molecule has 2 aromatic carbocycles. The number of benzene rings is 2. The van der Waals surface area contributed by atoms with Crippen molar-refractivity contribution in [3.05, 3.63) is 71.6 Å². The largest absolute Gasteiger partial charge is 0.418 e. The van der Waals surface area contributed by atoms with Crippen molar-refractivity contribution in [1.82, 2.24) is 4.90 Å². The highest BCUT2D eigenvalue weighted by Crippen LogP contribution is 2.34. The van der Waals surface area contributed by atoms with Crippen LogP contribution in [0.2, 0.25) is 0 Å². The molecule has 0 atom stereocenters. The lowest BCUT2D eigenvalue weighted by Crippen LogP contribution is -2.34. The molecule has 0 aliphatic carbocycles. The number of anilines is 1. The molecular weight excluding hydrogens is 364 g/mol. The Morgan fingerprint density at radius 3 is 2.48 bits per heavy atom. The van der Waals surface area contributed by atoms with Crippen LogP contribution < -0.4 is 5.32 Å². The maximum Gasteiger partial charge on any atom is 0.418 e. The monoisotopic (exact) mass is 380 g/mol. The van der Waals surface area contributed by atoms with Crippen molar-refractivity contribution in [2.24, 2.45) is 0 Å². The van der Waals surface area contributed by atoms with Crippen molar-refractivity contribution in [3.63, 3.8) is 0 Å². The van der Waals surface area contributed by atoms with E-state index in [2.05, 4.69) is 5.32 Å². The van der Waals surface area contributed by atoms with E-state index in [-0.39, 0.29) is 5.69 Å². The number of likely N-dealkylation sites (N-methyl/N-ethyl adjacent to an activating group) is 1. The summed E-state index contributed by atoms with van der Waals surface area (Å²) in [5.41, 5.74) is -0.898. The van der Waals surface area contributed by atoms with Gasteiger partial charge in [0.15, 0.2) is 0 Å². The number of carbonyl (C=O) groups excluding carboxylic acids is 2. The van der Waals surface area contributed by atoms with Gasteiger partial charge in [-0.05, 0) is 35.9 Å². The van der Waals surface area contributed by atoms with E-state index in [0.717, 1.165) is 23.1 Å². The zero-order valence-corrected chi connectivity index (χ0v) is 14.3. The third-order valence-electron chi connectivity index (χ3n) is 3.53. The average Bonchev–Trinajstić information content (AvgIpc) is 2.59. The van der Waals surface area contributed by atoms with Crippen LogP contribution in [0, 0.1) is 5.82 Å². The summed E-state index contributed by atoms with van der Waals surface area (Å²) in [6.07, 6.45) is -2.09. The van der Waals surface area contributed by atoms with Crippen LogP contribution in [0.15, 0.2) is 54.6 Å². The molecular formula is C19H16F4N2O2. The van der Waals surface area contributed by atoms with Gasteiger partial charge < -0.3 is 10.2 Å². The van der Waals surface area contributed by atoms with E-state index in [1.54, 1.807) is 6.07 Å². The first-order valence-corrected chi connectivity index (χ1v) is 7.81. The number of nitrogens with one attached hydrogen (secondary N) is 1. The van der Waals surface area contributed by atoms with Crippen molar-refractivity contribution in [2.45, 2.75) is 6.18 Å². The Morgan fingerprint density at radius 2 is 1.81 bits per heavy atom. The normalized spacial score (nSPS) is 11.4. The van der Waals surface area contributed by atoms with Gasteiger partial charge in [-0.15, -0.1) is 0 Å². The van der Waals surface area contributed by atoms with E-state index < -0.39 is 35.9 Å². The van der Waals surface area contributed by atoms with Crippen LogP contribution in [0.25, 0.3) is 6.08 Å². The van der Waals surface area contributed by atoms with Gasteiger partial charge in [-0.3, -0.25) is 9.59 Å². The quantitative estimate of drug-likeness (QED) is 0.631. The fourth-order valence-corrected chi connectivity index (χ4v) is 2.23. The summed E-state index contributed by atoms with van der Waals surface area (Å²) in [7, 11) is 1.33. The van der Waals surface area contributed by atoms with Crippen LogP contribution in [-0.4, -0.2) is 30.3 Å². The maximum absolute atomic E-state index is 13.1. The Hall–Kier alpha value is -3.16. The molecule has 0 fully saturated rings. The third-order valence-corrected chi connectivity index (χ3v) is 3.53. The molecule has 2 rings (SSSR count). The summed E-state index contributed by atoms with van der Waals surface area (Å²) in [6.45, 7) is -0.446. The van der Waals surface area contributed by atoms with Gasteiger partial charge in [-0.2, -0.15) is 13.2 Å². The minimum atomic E-state index is -4.61. The van der Waals surface area contributed by atoms with E-state index in [9.17, 15) is 27.2 Å². The van der Waals surface area contributed by atoms with Gasteiger partial charge >= 0.3 is 6.18 Å². The molecule has 27 heavy (non-hydrogen) atoms. The van der Waals surface area contributed by atoms with E-state index in [0.29, 0.717) is 5.56 Å². The summed E-state index contributed by atoms with van der Waals surface area (Å²) in [4.78, 5) is 25.0. The van der Waals surface area contributed by atoms with E-state index in [1.165, 1.54) is 43.5 Å². The Balaban J connectivity index is 1.98. The van der Waals surface area contributed by atoms with Crippen LogP contribution in [-0.2, 0) is 15.8 Å². The minimum Gasteiger partial charge on any atom is -0.333 e. The van der Waals surface area contributed by atoms with Crippen LogP contribution in [0.5, 0.6) is 0 Å². The molecule has 0 aliphatic rings. The molecule has 0 saturated carbocycles. The molecule has 0 unspecified atom stereocenters. The van der Waals surface area contributed by atoms with Gasteiger partial charge in [0.25, 0.3) is 0 Å². The SMILES string of the molecule is CN(CC(=O)Nc1ccccc1C(F)(F)F)C(=O)/C=C/c1cccc(F)c1. The Morgan fingerprint density at radius 1 is 1.11 bits per heavy atom. The molecule has 2 amide bonds. The third kappa shape index (κ3) is 5.95. The Bertz CT molecular complexity index is 863. The lowest BCUT2D eigenvalue weighted by Gasteiger charge is -2.17. The molecule has 0 radical (unpaired) electrons. The first-order chi connectivity index (χ1) is 12.7. The minimum absolute atomic E-state index is 0.383. The topological polar surface area (TPSA) is 49.4 Å². The van der Waals surface area contributed by atoms with Gasteiger partial charge in [-0.1, -0.05) is 24.3 Å². The lowest BCUT2D eigenvalue weighted by atomic mass is 10.1. The number of amides is 2. The number of halogens is 4. The predicted octanol–water partition coefficient (Wildman–Crippen LogP) is 3.95. The van der Waals surface area contributed by atoms with Crippen molar-refractivity contribution in [3.8, 4) is 0 Å². The summed E-state index contributed by atoms with van der Waals surface area (Å²) >= 11 is 0. The van der Waals surface area contributed by atoms with Gasteiger partial charge in [0.05, 0.1) is 17.8 Å². The maximum atomic E-state index is 13.1. The van der Waals surface area contributed by atoms with Crippen molar-refractivity contribution < 1.29 is 27.2 Å². The molecule has 4 nitrogen and oxygen atoms in total. The van der Waals surface area contributed by atoms with Gasteiger partial charge in [-0.25, -0.2) is 4.39 Å². The predicted molar refractivity (Wildman–Crippen MR) is 93.1 cm³/mol. The van der Waals surface area contributed by atoms with Crippen molar-refractivity contribution in [1.29, 1.82) is 0 Å². The highest BCUT2D eigenvalue weighted by atomic mass is 19.4. The number of carbonyl (C=O) groups is 2. The number of alkyl halides is 3. The lowest BCUT2D eigenvalue weighted by molar-refractivity contribution is -0.137. The number of hydrogen-bond donors (Lipinski definition) is 1. The van der Waals surface area contributed by atoms with Crippen LogP contribution in [0.4, 0.5) is 23.2 Å². The molecule has 8 heteroatoms. The second kappa shape index (κ2) is 8.48. The van der Waals surface area contributed by atoms with E-state index >= 15 is 0 Å². The fraction of sp³-hybridized carbons (Fsp3) is 0.158. The molecule has 0 bridgehead atoms. The fourth-order valence-electron chi connectivity index (χ4n) is 2.23. The second-order valence-corrected chi connectivity index (χ2v) is 5.67. The van der Waals surface area contributed by atoms with Crippen molar-refractivity contribution >= 4 is 23.6 Å². The number of rotatable bonds is 5. The average molecular weight is 380 g/mol. The molecule has 1 N–H and O–H groups in total.